The minimum absolute atomic E-state index is 0.0350. The van der Waals surface area contributed by atoms with Crippen molar-refractivity contribution in [2.75, 3.05) is 5.32 Å². The minimum atomic E-state index is -0.118. The highest BCUT2D eigenvalue weighted by Crippen LogP contribution is 2.12. The van der Waals surface area contributed by atoms with E-state index in [1.165, 1.54) is 6.92 Å². The van der Waals surface area contributed by atoms with Crippen molar-refractivity contribution < 1.29 is 9.59 Å². The lowest BCUT2D eigenvalue weighted by molar-refractivity contribution is -0.121. The molecule has 0 bridgehead atoms. The van der Waals surface area contributed by atoms with Gasteiger partial charge in [-0.05, 0) is 47.7 Å². The van der Waals surface area contributed by atoms with E-state index in [1.54, 1.807) is 0 Å². The molecule has 1 N–H and O–H groups in total. The number of Topliss-reactive ketones (excluding diaryl/α,β-unsaturated/α-hetero) is 1. The Labute approximate surface area is 102 Å². The molecule has 15 heavy (non-hydrogen) atoms. The van der Waals surface area contributed by atoms with Gasteiger partial charge in [0.15, 0.2) is 0 Å². The molecule has 0 unspecified atom stereocenters. The first-order chi connectivity index (χ1) is 7.08. The number of amides is 1. The maximum Gasteiger partial charge on any atom is 0.224 e. The SMILES string of the molecule is CC(=O)CCC(=O)Nc1cccc(I)c1. The molecule has 0 heterocycles. The molecule has 0 aromatic heterocycles. The zero-order valence-corrected chi connectivity index (χ0v) is 10.6. The van der Waals surface area contributed by atoms with E-state index in [2.05, 4.69) is 27.9 Å². The van der Waals surface area contributed by atoms with E-state index in [4.69, 9.17) is 0 Å². The first-order valence-electron chi connectivity index (χ1n) is 4.63. The standard InChI is InChI=1S/C11H12INO2/c1-8(14)5-6-11(15)13-10-4-2-3-9(12)7-10/h2-4,7H,5-6H2,1H3,(H,13,15). The van der Waals surface area contributed by atoms with Crippen LogP contribution in [-0.2, 0) is 9.59 Å². The van der Waals surface area contributed by atoms with Crippen molar-refractivity contribution in [1.82, 2.24) is 0 Å². The van der Waals surface area contributed by atoms with Crippen LogP contribution in [0.15, 0.2) is 24.3 Å². The van der Waals surface area contributed by atoms with E-state index >= 15 is 0 Å². The van der Waals surface area contributed by atoms with Gasteiger partial charge in [0.25, 0.3) is 0 Å². The van der Waals surface area contributed by atoms with Crippen molar-refractivity contribution in [3.63, 3.8) is 0 Å². The van der Waals surface area contributed by atoms with E-state index in [9.17, 15) is 9.59 Å². The van der Waals surface area contributed by atoms with Crippen LogP contribution in [0.4, 0.5) is 5.69 Å². The molecule has 3 nitrogen and oxygen atoms in total. The van der Waals surface area contributed by atoms with Gasteiger partial charge < -0.3 is 10.1 Å². The van der Waals surface area contributed by atoms with Gasteiger partial charge in [-0.2, -0.15) is 0 Å². The van der Waals surface area contributed by atoms with Crippen LogP contribution in [0.2, 0.25) is 0 Å². The van der Waals surface area contributed by atoms with Gasteiger partial charge in [0, 0.05) is 22.1 Å². The summed E-state index contributed by atoms with van der Waals surface area (Å²) in [6, 6.07) is 7.54. The predicted octanol–water partition coefficient (Wildman–Crippen LogP) is 2.60. The van der Waals surface area contributed by atoms with E-state index in [0.717, 1.165) is 9.26 Å². The van der Waals surface area contributed by atoms with Crippen molar-refractivity contribution in [2.24, 2.45) is 0 Å². The van der Waals surface area contributed by atoms with Gasteiger partial charge in [0.2, 0.25) is 5.91 Å². The number of ketones is 1. The number of carbonyl (C=O) groups excluding carboxylic acids is 2. The van der Waals surface area contributed by atoms with Crippen LogP contribution < -0.4 is 5.32 Å². The Bertz CT molecular complexity index is 377. The Hall–Kier alpha value is -0.910. The highest BCUT2D eigenvalue weighted by Gasteiger charge is 2.03. The Morgan fingerprint density at radius 2 is 2.07 bits per heavy atom. The summed E-state index contributed by atoms with van der Waals surface area (Å²) in [5.41, 5.74) is 0.774. The summed E-state index contributed by atoms with van der Waals surface area (Å²) in [7, 11) is 0. The molecular weight excluding hydrogens is 305 g/mol. The fourth-order valence-corrected chi connectivity index (χ4v) is 1.62. The average molecular weight is 317 g/mol. The van der Waals surface area contributed by atoms with Gasteiger partial charge >= 0.3 is 0 Å². The summed E-state index contributed by atoms with van der Waals surface area (Å²) in [5, 5.41) is 2.74. The summed E-state index contributed by atoms with van der Waals surface area (Å²) >= 11 is 2.18. The summed E-state index contributed by atoms with van der Waals surface area (Å²) in [5.74, 6) is -0.0833. The van der Waals surface area contributed by atoms with Crippen molar-refractivity contribution in [1.29, 1.82) is 0 Å². The van der Waals surface area contributed by atoms with Gasteiger partial charge in [-0.25, -0.2) is 0 Å². The zero-order chi connectivity index (χ0) is 11.3. The Kier molecular flexibility index (Phi) is 4.74. The van der Waals surface area contributed by atoms with E-state index in [1.807, 2.05) is 24.3 Å². The molecule has 80 valence electrons. The Balaban J connectivity index is 2.48. The van der Waals surface area contributed by atoms with Crippen molar-refractivity contribution in [2.45, 2.75) is 19.8 Å². The number of nitrogens with one attached hydrogen (secondary N) is 1. The molecule has 1 aromatic carbocycles. The van der Waals surface area contributed by atoms with E-state index < -0.39 is 0 Å². The first kappa shape index (κ1) is 12.2. The number of hydrogen-bond donors (Lipinski definition) is 1. The molecule has 0 atom stereocenters. The lowest BCUT2D eigenvalue weighted by Crippen LogP contribution is -2.12. The smallest absolute Gasteiger partial charge is 0.224 e. The monoisotopic (exact) mass is 317 g/mol. The van der Waals surface area contributed by atoms with Crippen LogP contribution in [0.3, 0.4) is 0 Å². The number of benzene rings is 1. The maximum absolute atomic E-state index is 11.4. The molecule has 0 saturated carbocycles. The quantitative estimate of drug-likeness (QED) is 0.868. The minimum Gasteiger partial charge on any atom is -0.326 e. The fraction of sp³-hybridized carbons (Fsp3) is 0.273. The lowest BCUT2D eigenvalue weighted by atomic mass is 10.2. The summed E-state index contributed by atoms with van der Waals surface area (Å²) in [6.45, 7) is 1.48. The third-order valence-corrected chi connectivity index (χ3v) is 2.48. The second kappa shape index (κ2) is 5.85. The topological polar surface area (TPSA) is 46.2 Å². The Morgan fingerprint density at radius 3 is 2.67 bits per heavy atom. The largest absolute Gasteiger partial charge is 0.326 e. The predicted molar refractivity (Wildman–Crippen MR) is 67.7 cm³/mol. The van der Waals surface area contributed by atoms with Gasteiger partial charge in [-0.1, -0.05) is 6.07 Å². The van der Waals surface area contributed by atoms with Crippen LogP contribution in [0.1, 0.15) is 19.8 Å². The summed E-state index contributed by atoms with van der Waals surface area (Å²) in [4.78, 5) is 22.0. The van der Waals surface area contributed by atoms with Crippen LogP contribution >= 0.6 is 22.6 Å². The molecule has 1 aromatic rings. The molecule has 0 radical (unpaired) electrons. The lowest BCUT2D eigenvalue weighted by Gasteiger charge is -2.04. The van der Waals surface area contributed by atoms with Gasteiger partial charge in [0.1, 0.15) is 5.78 Å². The summed E-state index contributed by atoms with van der Waals surface area (Å²) < 4.78 is 1.07. The molecule has 4 heteroatoms. The first-order valence-corrected chi connectivity index (χ1v) is 5.70. The number of carbonyl (C=O) groups is 2. The number of rotatable bonds is 4. The molecule has 1 rings (SSSR count). The molecule has 0 aliphatic rings. The highest BCUT2D eigenvalue weighted by molar-refractivity contribution is 14.1. The number of halogens is 1. The van der Waals surface area contributed by atoms with E-state index in [-0.39, 0.29) is 18.1 Å². The number of hydrogen-bond acceptors (Lipinski definition) is 2. The van der Waals surface area contributed by atoms with E-state index in [0.29, 0.717) is 6.42 Å². The second-order valence-electron chi connectivity index (χ2n) is 3.26. The number of anilines is 1. The van der Waals surface area contributed by atoms with Gasteiger partial charge in [0.05, 0.1) is 0 Å². The normalized spacial score (nSPS) is 9.73. The third kappa shape index (κ3) is 4.92. The van der Waals surface area contributed by atoms with Crippen molar-refractivity contribution >= 4 is 40.0 Å². The van der Waals surface area contributed by atoms with Crippen LogP contribution in [-0.4, -0.2) is 11.7 Å². The zero-order valence-electron chi connectivity index (χ0n) is 8.42. The van der Waals surface area contributed by atoms with Crippen LogP contribution in [0, 0.1) is 3.57 Å². The van der Waals surface area contributed by atoms with Gasteiger partial charge in [-0.3, -0.25) is 4.79 Å². The summed E-state index contributed by atoms with van der Waals surface area (Å²) in [6.07, 6.45) is 0.552. The van der Waals surface area contributed by atoms with Crippen LogP contribution in [0.5, 0.6) is 0 Å². The molecule has 0 spiro atoms. The second-order valence-corrected chi connectivity index (χ2v) is 4.51. The molecule has 1 amide bonds. The van der Waals surface area contributed by atoms with Gasteiger partial charge in [-0.15, -0.1) is 0 Å². The Morgan fingerprint density at radius 1 is 1.33 bits per heavy atom. The maximum atomic E-state index is 11.4. The van der Waals surface area contributed by atoms with Crippen molar-refractivity contribution in [3.05, 3.63) is 27.8 Å². The highest BCUT2D eigenvalue weighted by atomic mass is 127. The third-order valence-electron chi connectivity index (χ3n) is 1.81. The fourth-order valence-electron chi connectivity index (χ4n) is 1.08. The average Bonchev–Trinajstić information content (AvgIpc) is 2.15. The van der Waals surface area contributed by atoms with Crippen LogP contribution in [0.25, 0.3) is 0 Å². The van der Waals surface area contributed by atoms with Crippen molar-refractivity contribution in [3.8, 4) is 0 Å². The molecular formula is C11H12INO2. The molecule has 0 saturated heterocycles. The molecule has 0 fully saturated rings. The molecule has 0 aliphatic heterocycles. The molecule has 0 aliphatic carbocycles.